The van der Waals surface area contributed by atoms with E-state index in [-0.39, 0.29) is 16.9 Å². The van der Waals surface area contributed by atoms with Gasteiger partial charge in [0.25, 0.3) is 5.56 Å². The lowest BCUT2D eigenvalue weighted by Gasteiger charge is -2.37. The van der Waals surface area contributed by atoms with Crippen molar-refractivity contribution in [3.63, 3.8) is 0 Å². The summed E-state index contributed by atoms with van der Waals surface area (Å²) in [7, 11) is 0. The zero-order chi connectivity index (χ0) is 16.2. The summed E-state index contributed by atoms with van der Waals surface area (Å²) >= 11 is 1.26. The number of fused-ring (bicyclic) bond motifs is 2. The van der Waals surface area contributed by atoms with Crippen LogP contribution in [0.15, 0.2) is 4.79 Å². The van der Waals surface area contributed by atoms with Gasteiger partial charge in [-0.3, -0.25) is 9.36 Å². The van der Waals surface area contributed by atoms with Crippen LogP contribution in [0.2, 0.25) is 0 Å². The summed E-state index contributed by atoms with van der Waals surface area (Å²) in [6.45, 7) is 6.10. The molecule has 0 aromatic carbocycles. The predicted molar refractivity (Wildman–Crippen MR) is 86.1 cm³/mol. The molecule has 2 aliphatic rings. The van der Waals surface area contributed by atoms with Crippen LogP contribution >= 0.6 is 11.3 Å². The number of ether oxygens (including phenoxy) is 2. The second kappa shape index (κ2) is 5.14. The van der Waals surface area contributed by atoms with Gasteiger partial charge in [-0.1, -0.05) is 6.92 Å². The molecule has 0 aliphatic carbocycles. The first-order valence-electron chi connectivity index (χ1n) is 7.76. The Morgan fingerprint density at radius 3 is 2.96 bits per heavy atom. The van der Waals surface area contributed by atoms with Crippen LogP contribution in [-0.4, -0.2) is 35.3 Å². The Bertz CT molecular complexity index is 863. The van der Waals surface area contributed by atoms with Gasteiger partial charge in [-0.15, -0.1) is 11.3 Å². The van der Waals surface area contributed by atoms with Crippen molar-refractivity contribution in [2.24, 2.45) is 5.41 Å². The molecule has 0 spiro atoms. The first-order chi connectivity index (χ1) is 11.0. The zero-order valence-electron chi connectivity index (χ0n) is 13.2. The van der Waals surface area contributed by atoms with Gasteiger partial charge < -0.3 is 9.47 Å². The highest BCUT2D eigenvalue weighted by Gasteiger charge is 2.35. The predicted octanol–water partition coefficient (Wildman–Crippen LogP) is 1.91. The summed E-state index contributed by atoms with van der Waals surface area (Å²) in [5.41, 5.74) is 0.568. The van der Waals surface area contributed by atoms with E-state index >= 15 is 0 Å². The topological polar surface area (TPSA) is 70.4 Å². The van der Waals surface area contributed by atoms with Crippen molar-refractivity contribution < 1.29 is 14.3 Å². The minimum absolute atomic E-state index is 0.0327. The Morgan fingerprint density at radius 2 is 2.26 bits per heavy atom. The molecule has 7 heteroatoms. The number of hydrogen-bond acceptors (Lipinski definition) is 6. The van der Waals surface area contributed by atoms with Crippen LogP contribution in [0.4, 0.5) is 0 Å². The Balaban J connectivity index is 1.68. The molecule has 6 nitrogen and oxygen atoms in total. The van der Waals surface area contributed by atoms with Gasteiger partial charge in [0.1, 0.15) is 22.1 Å². The third-order valence-corrected chi connectivity index (χ3v) is 5.72. The lowest BCUT2D eigenvalue weighted by Crippen LogP contribution is -2.44. The maximum Gasteiger partial charge on any atom is 0.348 e. The average Bonchev–Trinajstić information content (AvgIpc) is 3.08. The van der Waals surface area contributed by atoms with Gasteiger partial charge in [-0.2, -0.15) is 0 Å². The van der Waals surface area contributed by atoms with Crippen LogP contribution in [-0.2, 0) is 22.4 Å². The summed E-state index contributed by atoms with van der Waals surface area (Å²) in [6.07, 6.45) is 1.77. The Labute approximate surface area is 137 Å². The molecule has 0 radical (unpaired) electrons. The van der Waals surface area contributed by atoms with Gasteiger partial charge in [-0.25, -0.2) is 9.78 Å². The highest BCUT2D eigenvalue weighted by molar-refractivity contribution is 7.20. The largest absolute Gasteiger partial charge is 0.461 e. The maximum absolute atomic E-state index is 12.6. The van der Waals surface area contributed by atoms with Gasteiger partial charge in [0.05, 0.1) is 18.6 Å². The molecular weight excluding hydrogens is 316 g/mol. The van der Waals surface area contributed by atoms with E-state index in [0.717, 1.165) is 18.7 Å². The van der Waals surface area contributed by atoms with Crippen LogP contribution in [0.25, 0.3) is 10.2 Å². The molecule has 1 saturated heterocycles. The van der Waals surface area contributed by atoms with E-state index in [1.807, 2.05) is 6.92 Å². The highest BCUT2D eigenvalue weighted by atomic mass is 32.1. The summed E-state index contributed by atoms with van der Waals surface area (Å²) in [5.74, 6) is 0.450. The van der Waals surface area contributed by atoms with Crippen molar-refractivity contribution >= 4 is 27.5 Å². The average molecular weight is 334 g/mol. The summed E-state index contributed by atoms with van der Waals surface area (Å²) in [4.78, 5) is 30.7. The first kappa shape index (κ1) is 14.8. The lowest BCUT2D eigenvalue weighted by molar-refractivity contribution is -0.127. The van der Waals surface area contributed by atoms with Gasteiger partial charge in [0, 0.05) is 18.4 Å². The molecule has 0 N–H and O–H groups in total. The van der Waals surface area contributed by atoms with E-state index in [1.165, 1.54) is 11.3 Å². The number of aryl methyl sites for hydroxylation is 2. The Morgan fingerprint density at radius 1 is 1.48 bits per heavy atom. The van der Waals surface area contributed by atoms with E-state index < -0.39 is 0 Å². The molecule has 4 heterocycles. The molecule has 2 aromatic heterocycles. The van der Waals surface area contributed by atoms with E-state index in [0.29, 0.717) is 47.0 Å². The molecular formula is C16H18N2O4S. The lowest BCUT2D eigenvalue weighted by atomic mass is 9.90. The van der Waals surface area contributed by atoms with Gasteiger partial charge in [0.15, 0.2) is 0 Å². The molecule has 0 bridgehead atoms. The van der Waals surface area contributed by atoms with Crippen LogP contribution < -0.4 is 5.56 Å². The molecule has 122 valence electrons. The van der Waals surface area contributed by atoms with E-state index in [4.69, 9.17) is 9.47 Å². The number of aromatic nitrogens is 2. The second-order valence-corrected chi connectivity index (χ2v) is 7.70. The number of carbonyl (C=O) groups excluding carboxylic acids is 1. The molecule has 2 aliphatic heterocycles. The van der Waals surface area contributed by atoms with Crippen molar-refractivity contribution in [3.8, 4) is 0 Å². The van der Waals surface area contributed by atoms with E-state index in [2.05, 4.69) is 4.98 Å². The van der Waals surface area contributed by atoms with Crippen molar-refractivity contribution in [2.45, 2.75) is 33.2 Å². The quantitative estimate of drug-likeness (QED) is 0.802. The summed E-state index contributed by atoms with van der Waals surface area (Å²) < 4.78 is 12.3. The van der Waals surface area contributed by atoms with Crippen molar-refractivity contribution in [1.82, 2.24) is 9.55 Å². The number of esters is 1. The van der Waals surface area contributed by atoms with Crippen LogP contribution in [0.3, 0.4) is 0 Å². The van der Waals surface area contributed by atoms with Crippen LogP contribution in [0, 0.1) is 12.3 Å². The number of rotatable bonds is 3. The summed E-state index contributed by atoms with van der Waals surface area (Å²) in [5, 5.41) is 0.561. The van der Waals surface area contributed by atoms with Gasteiger partial charge in [0.2, 0.25) is 0 Å². The molecule has 0 amide bonds. The first-order valence-corrected chi connectivity index (χ1v) is 8.58. The molecule has 1 fully saturated rings. The molecule has 0 atom stereocenters. The van der Waals surface area contributed by atoms with Crippen LogP contribution in [0.1, 0.15) is 34.4 Å². The molecule has 4 rings (SSSR count). The fraction of sp³-hybridized carbons (Fsp3) is 0.562. The fourth-order valence-corrected chi connectivity index (χ4v) is 4.19. The second-order valence-electron chi connectivity index (χ2n) is 6.70. The molecule has 0 saturated carbocycles. The van der Waals surface area contributed by atoms with Crippen LogP contribution in [0.5, 0.6) is 0 Å². The molecule has 0 unspecified atom stereocenters. The summed E-state index contributed by atoms with van der Waals surface area (Å²) in [6, 6.07) is 0. The zero-order valence-corrected chi connectivity index (χ0v) is 14.0. The standard InChI is InChI=1S/C16H18N2O4S/c1-9-11-13(17-10-4-3-5-18(10)14(11)19)23-12(9)15(20)22-8-16(2)6-21-7-16/h3-8H2,1-2H3. The Hall–Kier alpha value is -1.73. The van der Waals surface area contributed by atoms with Crippen molar-refractivity contribution in [2.75, 3.05) is 19.8 Å². The van der Waals surface area contributed by atoms with E-state index in [9.17, 15) is 9.59 Å². The number of carbonyl (C=O) groups is 1. The Kier molecular flexibility index (Phi) is 3.32. The SMILES string of the molecule is Cc1c(C(=O)OCC2(C)COC2)sc2nc3n(c(=O)c12)CCC3. The normalized spacial score (nSPS) is 18.7. The fourth-order valence-electron chi connectivity index (χ4n) is 3.11. The highest BCUT2D eigenvalue weighted by Crippen LogP contribution is 2.31. The third kappa shape index (κ3) is 2.30. The number of hydrogen-bond donors (Lipinski definition) is 0. The molecule has 23 heavy (non-hydrogen) atoms. The maximum atomic E-state index is 12.6. The monoisotopic (exact) mass is 334 g/mol. The number of nitrogens with zero attached hydrogens (tertiary/aromatic N) is 2. The number of thiophene rings is 1. The minimum Gasteiger partial charge on any atom is -0.461 e. The minimum atomic E-state index is -0.372. The van der Waals surface area contributed by atoms with Gasteiger partial charge in [-0.05, 0) is 18.9 Å². The van der Waals surface area contributed by atoms with E-state index in [1.54, 1.807) is 11.5 Å². The third-order valence-electron chi connectivity index (χ3n) is 4.55. The smallest absolute Gasteiger partial charge is 0.348 e. The van der Waals surface area contributed by atoms with Crippen molar-refractivity contribution in [3.05, 3.63) is 26.6 Å². The van der Waals surface area contributed by atoms with Gasteiger partial charge >= 0.3 is 5.97 Å². The molecule has 2 aromatic rings. The van der Waals surface area contributed by atoms with Crippen molar-refractivity contribution in [1.29, 1.82) is 0 Å².